The molecule has 0 amide bonds. The van der Waals surface area contributed by atoms with Gasteiger partial charge in [-0.1, -0.05) is 31.3 Å². The van der Waals surface area contributed by atoms with Crippen LogP contribution in [0.15, 0.2) is 36.5 Å². The molecule has 3 aromatic rings. The zero-order valence-electron chi connectivity index (χ0n) is 11.5. The fourth-order valence-corrected chi connectivity index (χ4v) is 2.48. The summed E-state index contributed by atoms with van der Waals surface area (Å²) in [6.07, 6.45) is 2.65. The molecule has 4 heteroatoms. The van der Waals surface area contributed by atoms with E-state index in [9.17, 15) is 0 Å². The summed E-state index contributed by atoms with van der Waals surface area (Å²) in [5.41, 5.74) is 4.18. The Morgan fingerprint density at radius 3 is 2.90 bits per heavy atom. The van der Waals surface area contributed by atoms with Crippen molar-refractivity contribution in [1.82, 2.24) is 15.0 Å². The van der Waals surface area contributed by atoms with Gasteiger partial charge >= 0.3 is 0 Å². The van der Waals surface area contributed by atoms with Gasteiger partial charge in [0.1, 0.15) is 10.5 Å². The van der Waals surface area contributed by atoms with E-state index >= 15 is 0 Å². The average Bonchev–Trinajstić information content (AvgIpc) is 2.49. The van der Waals surface area contributed by atoms with Crippen molar-refractivity contribution in [3.8, 4) is 11.3 Å². The van der Waals surface area contributed by atoms with Crippen molar-refractivity contribution in [2.24, 2.45) is 0 Å². The topological polar surface area (TPSA) is 41.6 Å². The summed E-state index contributed by atoms with van der Waals surface area (Å²) in [6, 6.07) is 10.3. The van der Waals surface area contributed by atoms with Crippen LogP contribution in [0.5, 0.6) is 0 Å². The molecule has 0 aliphatic rings. The van der Waals surface area contributed by atoms with Gasteiger partial charge in [0.25, 0.3) is 0 Å². The van der Waals surface area contributed by atoms with Crippen LogP contribution in [0.25, 0.3) is 22.2 Å². The molecular formula is C16H15N3S. The van der Waals surface area contributed by atoms with Crippen molar-refractivity contribution in [2.45, 2.75) is 20.3 Å². The Kier molecular flexibility index (Phi) is 3.32. The molecule has 2 heterocycles. The van der Waals surface area contributed by atoms with E-state index in [0.29, 0.717) is 4.64 Å². The number of hydrogen-bond acceptors (Lipinski definition) is 3. The van der Waals surface area contributed by atoms with Gasteiger partial charge < -0.3 is 4.98 Å². The van der Waals surface area contributed by atoms with Gasteiger partial charge in [-0.15, -0.1) is 0 Å². The molecule has 2 aromatic heterocycles. The number of hydrogen-bond donors (Lipinski definition) is 1. The fraction of sp³-hybridized carbons (Fsp3) is 0.188. The van der Waals surface area contributed by atoms with Crippen molar-refractivity contribution in [3.05, 3.63) is 52.6 Å². The summed E-state index contributed by atoms with van der Waals surface area (Å²) in [5, 5.41) is 1.12. The van der Waals surface area contributed by atoms with Gasteiger partial charge in [0.2, 0.25) is 0 Å². The van der Waals surface area contributed by atoms with E-state index in [0.717, 1.165) is 40.0 Å². The van der Waals surface area contributed by atoms with Crippen molar-refractivity contribution < 1.29 is 0 Å². The van der Waals surface area contributed by atoms with Gasteiger partial charge in [-0.3, -0.25) is 4.98 Å². The molecule has 3 rings (SSSR count). The summed E-state index contributed by atoms with van der Waals surface area (Å²) >= 11 is 5.35. The van der Waals surface area contributed by atoms with Crippen molar-refractivity contribution in [3.63, 3.8) is 0 Å². The lowest BCUT2D eigenvalue weighted by Crippen LogP contribution is -1.99. The van der Waals surface area contributed by atoms with Crippen LogP contribution in [-0.2, 0) is 6.42 Å². The second-order valence-corrected chi connectivity index (χ2v) is 5.14. The van der Waals surface area contributed by atoms with Gasteiger partial charge in [-0.25, -0.2) is 4.98 Å². The van der Waals surface area contributed by atoms with Gasteiger partial charge in [0.15, 0.2) is 0 Å². The lowest BCUT2D eigenvalue weighted by molar-refractivity contribution is 0.926. The lowest BCUT2D eigenvalue weighted by Gasteiger charge is -2.09. The summed E-state index contributed by atoms with van der Waals surface area (Å²) in [4.78, 5) is 12.1. The minimum Gasteiger partial charge on any atom is -0.343 e. The number of H-pyrrole nitrogens is 1. The van der Waals surface area contributed by atoms with Gasteiger partial charge in [0.05, 0.1) is 11.2 Å². The quantitative estimate of drug-likeness (QED) is 0.715. The van der Waals surface area contributed by atoms with E-state index < -0.39 is 0 Å². The zero-order valence-corrected chi connectivity index (χ0v) is 12.3. The third-order valence-corrected chi connectivity index (χ3v) is 3.83. The van der Waals surface area contributed by atoms with E-state index in [2.05, 4.69) is 40.1 Å². The maximum Gasteiger partial charge on any atom is 0.133 e. The summed E-state index contributed by atoms with van der Waals surface area (Å²) < 4.78 is 0.668. The Balaban J connectivity index is 2.24. The molecule has 100 valence electrons. The predicted molar refractivity (Wildman–Crippen MR) is 84.3 cm³/mol. The molecule has 0 saturated carbocycles. The minimum atomic E-state index is 0.668. The van der Waals surface area contributed by atoms with Crippen LogP contribution in [0.1, 0.15) is 18.3 Å². The summed E-state index contributed by atoms with van der Waals surface area (Å²) in [5.74, 6) is 0.918. The Morgan fingerprint density at radius 1 is 1.25 bits per heavy atom. The normalized spacial score (nSPS) is 10.9. The maximum absolute atomic E-state index is 5.35. The number of aromatic nitrogens is 3. The standard InChI is InChI=1S/C16H15N3S/c1-3-14-18-15(10(2)16(20)19-14)12-6-7-13-11(9-12)5-4-8-17-13/h4-9H,3H2,1-2H3,(H,18,19,20). The average molecular weight is 281 g/mol. The summed E-state index contributed by atoms with van der Waals surface area (Å²) in [6.45, 7) is 4.07. The third kappa shape index (κ3) is 2.23. The van der Waals surface area contributed by atoms with Crippen molar-refractivity contribution in [2.75, 3.05) is 0 Å². The molecule has 0 aliphatic heterocycles. The smallest absolute Gasteiger partial charge is 0.133 e. The molecule has 0 bridgehead atoms. The van der Waals surface area contributed by atoms with Crippen LogP contribution < -0.4 is 0 Å². The number of pyridine rings is 1. The Morgan fingerprint density at radius 2 is 2.10 bits per heavy atom. The molecule has 1 N–H and O–H groups in total. The number of aryl methyl sites for hydroxylation is 1. The summed E-state index contributed by atoms with van der Waals surface area (Å²) in [7, 11) is 0. The van der Waals surface area contributed by atoms with Gasteiger partial charge in [0, 0.05) is 23.6 Å². The Labute approximate surface area is 122 Å². The first kappa shape index (κ1) is 12.9. The van der Waals surface area contributed by atoms with E-state index in [4.69, 9.17) is 12.2 Å². The molecule has 0 unspecified atom stereocenters. The number of rotatable bonds is 2. The Hall–Kier alpha value is -2.07. The van der Waals surface area contributed by atoms with Crippen LogP contribution in [0.3, 0.4) is 0 Å². The highest BCUT2D eigenvalue weighted by Gasteiger charge is 2.07. The highest BCUT2D eigenvalue weighted by atomic mass is 32.1. The minimum absolute atomic E-state index is 0.668. The highest BCUT2D eigenvalue weighted by Crippen LogP contribution is 2.25. The van der Waals surface area contributed by atoms with E-state index in [-0.39, 0.29) is 0 Å². The molecular weight excluding hydrogens is 266 g/mol. The number of nitrogens with zero attached hydrogens (tertiary/aromatic N) is 2. The second-order valence-electron chi connectivity index (χ2n) is 4.75. The maximum atomic E-state index is 5.35. The number of aromatic amines is 1. The van der Waals surface area contributed by atoms with Crippen LogP contribution >= 0.6 is 12.2 Å². The van der Waals surface area contributed by atoms with E-state index in [1.807, 2.05) is 25.3 Å². The lowest BCUT2D eigenvalue weighted by atomic mass is 10.1. The molecule has 0 atom stereocenters. The van der Waals surface area contributed by atoms with Gasteiger partial charge in [-0.05, 0) is 30.7 Å². The van der Waals surface area contributed by atoms with Crippen LogP contribution in [0, 0.1) is 11.6 Å². The first-order chi connectivity index (χ1) is 9.69. The first-order valence-electron chi connectivity index (χ1n) is 6.64. The molecule has 20 heavy (non-hydrogen) atoms. The van der Waals surface area contributed by atoms with E-state index in [1.54, 1.807) is 0 Å². The molecule has 0 spiro atoms. The largest absolute Gasteiger partial charge is 0.343 e. The predicted octanol–water partition coefficient (Wildman–Crippen LogP) is 4.23. The fourth-order valence-electron chi connectivity index (χ4n) is 2.27. The molecule has 3 nitrogen and oxygen atoms in total. The second kappa shape index (κ2) is 5.13. The Bertz CT molecular complexity index is 836. The number of benzene rings is 1. The molecule has 0 saturated heterocycles. The first-order valence-corrected chi connectivity index (χ1v) is 7.05. The number of nitrogens with one attached hydrogen (secondary N) is 1. The highest BCUT2D eigenvalue weighted by molar-refractivity contribution is 7.71. The van der Waals surface area contributed by atoms with Crippen LogP contribution in [0.2, 0.25) is 0 Å². The monoisotopic (exact) mass is 281 g/mol. The van der Waals surface area contributed by atoms with E-state index in [1.165, 1.54) is 0 Å². The molecule has 1 aromatic carbocycles. The van der Waals surface area contributed by atoms with Crippen LogP contribution in [0.4, 0.5) is 0 Å². The molecule has 0 aliphatic carbocycles. The van der Waals surface area contributed by atoms with Crippen LogP contribution in [-0.4, -0.2) is 15.0 Å². The van der Waals surface area contributed by atoms with Gasteiger partial charge in [-0.2, -0.15) is 0 Å². The third-order valence-electron chi connectivity index (χ3n) is 3.43. The molecule has 0 radical (unpaired) electrons. The zero-order chi connectivity index (χ0) is 14.1. The molecule has 0 fully saturated rings. The van der Waals surface area contributed by atoms with Crippen molar-refractivity contribution >= 4 is 23.1 Å². The number of fused-ring (bicyclic) bond motifs is 1. The SMILES string of the molecule is CCc1nc(=S)c(C)c(-c2ccc3ncccc3c2)[nH]1. The van der Waals surface area contributed by atoms with Crippen molar-refractivity contribution in [1.29, 1.82) is 0 Å².